The quantitative estimate of drug-likeness (QED) is 0.863. The lowest BCUT2D eigenvalue weighted by molar-refractivity contribution is 0.103. The van der Waals surface area contributed by atoms with E-state index in [2.05, 4.69) is 0 Å². The molecule has 0 bridgehead atoms. The Hall–Kier alpha value is -1.98. The Morgan fingerprint density at radius 1 is 0.895 bits per heavy atom. The van der Waals surface area contributed by atoms with E-state index in [1.54, 1.807) is 48.5 Å². The lowest BCUT2D eigenvalue weighted by atomic mass is 10.0. The van der Waals surface area contributed by atoms with Gasteiger partial charge in [-0.2, -0.15) is 0 Å². The summed E-state index contributed by atoms with van der Waals surface area (Å²) < 4.78 is 21.9. The molecule has 2 rings (SSSR count). The van der Waals surface area contributed by atoms with E-state index < -0.39 is 10.0 Å². The van der Waals surface area contributed by atoms with Crippen LogP contribution in [-0.2, 0) is 15.8 Å². The fourth-order valence-electron chi connectivity index (χ4n) is 1.74. The van der Waals surface area contributed by atoms with E-state index in [0.717, 1.165) is 0 Å². The third-order valence-electron chi connectivity index (χ3n) is 2.62. The molecular formula is C14H13NO3S. The minimum atomic E-state index is -3.55. The molecule has 0 aromatic heterocycles. The Balaban J connectivity index is 2.22. The van der Waals surface area contributed by atoms with Crippen molar-refractivity contribution in [2.45, 2.75) is 5.75 Å². The third kappa shape index (κ3) is 3.74. The number of rotatable bonds is 4. The van der Waals surface area contributed by atoms with Crippen LogP contribution in [-0.4, -0.2) is 14.2 Å². The average molecular weight is 275 g/mol. The Labute approximate surface area is 111 Å². The van der Waals surface area contributed by atoms with Crippen LogP contribution in [0.15, 0.2) is 54.6 Å². The molecule has 0 aliphatic heterocycles. The minimum Gasteiger partial charge on any atom is -0.289 e. The smallest absolute Gasteiger partial charge is 0.213 e. The van der Waals surface area contributed by atoms with Gasteiger partial charge in [-0.05, 0) is 5.56 Å². The van der Waals surface area contributed by atoms with Gasteiger partial charge in [0.25, 0.3) is 0 Å². The standard InChI is InChI=1S/C14H13NO3S/c15-19(17,18)10-11-6-8-13(9-7-11)14(16)12-4-2-1-3-5-12/h1-9H,10H2,(H2,15,17,18). The number of sulfonamides is 1. The summed E-state index contributed by atoms with van der Waals surface area (Å²) in [6, 6.07) is 15.3. The van der Waals surface area contributed by atoms with Crippen molar-refractivity contribution in [1.29, 1.82) is 0 Å². The summed E-state index contributed by atoms with van der Waals surface area (Å²) in [5.74, 6) is -0.324. The molecule has 0 radical (unpaired) electrons. The molecule has 0 unspecified atom stereocenters. The molecule has 0 spiro atoms. The SMILES string of the molecule is NS(=O)(=O)Cc1ccc(C(=O)c2ccccc2)cc1. The van der Waals surface area contributed by atoms with Crippen molar-refractivity contribution in [1.82, 2.24) is 0 Å². The number of nitrogens with two attached hydrogens (primary N) is 1. The second-order valence-electron chi connectivity index (χ2n) is 4.20. The molecule has 98 valence electrons. The number of hydrogen-bond acceptors (Lipinski definition) is 3. The molecule has 0 amide bonds. The summed E-state index contributed by atoms with van der Waals surface area (Å²) in [6.45, 7) is 0. The van der Waals surface area contributed by atoms with Crippen LogP contribution in [0, 0.1) is 0 Å². The minimum absolute atomic E-state index is 0.0947. The van der Waals surface area contributed by atoms with Crippen molar-refractivity contribution in [3.05, 3.63) is 71.3 Å². The number of benzene rings is 2. The molecule has 0 saturated carbocycles. The van der Waals surface area contributed by atoms with Gasteiger partial charge in [0.15, 0.2) is 5.78 Å². The molecule has 0 aliphatic carbocycles. The number of carbonyl (C=O) groups is 1. The van der Waals surface area contributed by atoms with E-state index in [9.17, 15) is 13.2 Å². The molecule has 0 fully saturated rings. The van der Waals surface area contributed by atoms with Crippen molar-refractivity contribution < 1.29 is 13.2 Å². The van der Waals surface area contributed by atoms with Crippen LogP contribution in [0.25, 0.3) is 0 Å². The van der Waals surface area contributed by atoms with Crippen LogP contribution in [0.5, 0.6) is 0 Å². The van der Waals surface area contributed by atoms with Gasteiger partial charge in [0, 0.05) is 11.1 Å². The largest absolute Gasteiger partial charge is 0.289 e. The molecule has 5 heteroatoms. The fourth-order valence-corrected chi connectivity index (χ4v) is 2.40. The van der Waals surface area contributed by atoms with Crippen LogP contribution in [0.3, 0.4) is 0 Å². The maximum atomic E-state index is 12.1. The van der Waals surface area contributed by atoms with E-state index in [4.69, 9.17) is 5.14 Å². The van der Waals surface area contributed by atoms with Gasteiger partial charge >= 0.3 is 0 Å². The summed E-state index contributed by atoms with van der Waals surface area (Å²) in [5.41, 5.74) is 1.68. The molecular weight excluding hydrogens is 262 g/mol. The highest BCUT2D eigenvalue weighted by atomic mass is 32.2. The predicted molar refractivity (Wildman–Crippen MR) is 73.1 cm³/mol. The van der Waals surface area contributed by atoms with Crippen LogP contribution < -0.4 is 5.14 Å². The van der Waals surface area contributed by atoms with E-state index in [1.165, 1.54) is 0 Å². The summed E-state index contributed by atoms with van der Waals surface area (Å²) in [5, 5.41) is 4.96. The first-order valence-electron chi connectivity index (χ1n) is 5.65. The summed E-state index contributed by atoms with van der Waals surface area (Å²) >= 11 is 0. The average Bonchev–Trinajstić information content (AvgIpc) is 2.38. The van der Waals surface area contributed by atoms with Crippen molar-refractivity contribution in [2.24, 2.45) is 5.14 Å². The molecule has 4 nitrogen and oxygen atoms in total. The topological polar surface area (TPSA) is 77.2 Å². The Morgan fingerprint density at radius 2 is 1.42 bits per heavy atom. The van der Waals surface area contributed by atoms with Crippen molar-refractivity contribution in [3.63, 3.8) is 0 Å². The van der Waals surface area contributed by atoms with Gasteiger partial charge in [-0.15, -0.1) is 0 Å². The molecule has 2 aromatic carbocycles. The van der Waals surface area contributed by atoms with Crippen LogP contribution in [0.1, 0.15) is 21.5 Å². The van der Waals surface area contributed by atoms with Gasteiger partial charge in [-0.1, -0.05) is 54.6 Å². The van der Waals surface area contributed by atoms with Crippen LogP contribution >= 0.6 is 0 Å². The van der Waals surface area contributed by atoms with Gasteiger partial charge < -0.3 is 0 Å². The Morgan fingerprint density at radius 3 is 1.95 bits per heavy atom. The molecule has 0 atom stereocenters. The first-order valence-corrected chi connectivity index (χ1v) is 7.36. The fraction of sp³-hybridized carbons (Fsp3) is 0.0714. The Kier molecular flexibility index (Phi) is 3.78. The highest BCUT2D eigenvalue weighted by molar-refractivity contribution is 7.88. The zero-order valence-electron chi connectivity index (χ0n) is 10.1. The zero-order valence-corrected chi connectivity index (χ0v) is 10.9. The summed E-state index contributed by atoms with van der Waals surface area (Å²) in [6.07, 6.45) is 0. The monoisotopic (exact) mass is 275 g/mol. The first-order chi connectivity index (χ1) is 8.96. The van der Waals surface area contributed by atoms with Gasteiger partial charge in [-0.25, -0.2) is 13.6 Å². The molecule has 2 N–H and O–H groups in total. The normalized spacial score (nSPS) is 11.2. The van der Waals surface area contributed by atoms with Gasteiger partial charge in [-0.3, -0.25) is 4.79 Å². The summed E-state index contributed by atoms with van der Waals surface area (Å²) in [4.78, 5) is 12.1. The van der Waals surface area contributed by atoms with Crippen molar-refractivity contribution >= 4 is 15.8 Å². The molecule has 0 heterocycles. The maximum Gasteiger partial charge on any atom is 0.213 e. The van der Waals surface area contributed by atoms with E-state index >= 15 is 0 Å². The third-order valence-corrected chi connectivity index (χ3v) is 3.36. The van der Waals surface area contributed by atoms with Crippen molar-refractivity contribution in [2.75, 3.05) is 0 Å². The number of carbonyl (C=O) groups excluding carboxylic acids is 1. The Bertz CT molecular complexity index is 676. The van der Waals surface area contributed by atoms with Gasteiger partial charge in [0.2, 0.25) is 10.0 Å². The predicted octanol–water partition coefficient (Wildman–Crippen LogP) is 1.71. The van der Waals surface area contributed by atoms with Crippen LogP contribution in [0.4, 0.5) is 0 Å². The summed E-state index contributed by atoms with van der Waals surface area (Å²) in [7, 11) is -3.55. The molecule has 0 aliphatic rings. The van der Waals surface area contributed by atoms with E-state index in [0.29, 0.717) is 16.7 Å². The number of primary sulfonamides is 1. The lowest BCUT2D eigenvalue weighted by Crippen LogP contribution is -2.14. The van der Waals surface area contributed by atoms with Crippen LogP contribution in [0.2, 0.25) is 0 Å². The highest BCUT2D eigenvalue weighted by Crippen LogP contribution is 2.12. The van der Waals surface area contributed by atoms with Gasteiger partial charge in [0.05, 0.1) is 5.75 Å². The molecule has 19 heavy (non-hydrogen) atoms. The maximum absolute atomic E-state index is 12.1. The van der Waals surface area contributed by atoms with E-state index in [1.807, 2.05) is 6.07 Å². The second-order valence-corrected chi connectivity index (χ2v) is 5.81. The first kappa shape index (κ1) is 13.5. The van der Waals surface area contributed by atoms with E-state index in [-0.39, 0.29) is 11.5 Å². The lowest BCUT2D eigenvalue weighted by Gasteiger charge is -2.03. The molecule has 0 saturated heterocycles. The highest BCUT2D eigenvalue weighted by Gasteiger charge is 2.09. The number of ketones is 1. The number of hydrogen-bond donors (Lipinski definition) is 1. The zero-order chi connectivity index (χ0) is 13.9. The van der Waals surface area contributed by atoms with Gasteiger partial charge in [0.1, 0.15) is 0 Å². The van der Waals surface area contributed by atoms with Crippen molar-refractivity contribution in [3.8, 4) is 0 Å². The molecule has 2 aromatic rings. The second kappa shape index (κ2) is 5.34.